The summed E-state index contributed by atoms with van der Waals surface area (Å²) in [6.45, 7) is 9.42. The summed E-state index contributed by atoms with van der Waals surface area (Å²) in [5.41, 5.74) is 20.5. The second kappa shape index (κ2) is 13.5. The highest BCUT2D eigenvalue weighted by Gasteiger charge is 2.39. The van der Waals surface area contributed by atoms with Gasteiger partial charge < -0.3 is 0 Å². The summed E-state index contributed by atoms with van der Waals surface area (Å²) in [5, 5.41) is 4.99. The van der Waals surface area contributed by atoms with Crippen LogP contribution in [0.4, 0.5) is 0 Å². The van der Waals surface area contributed by atoms with E-state index >= 15 is 0 Å². The van der Waals surface area contributed by atoms with E-state index in [1.807, 2.05) is 6.07 Å². The van der Waals surface area contributed by atoms with Gasteiger partial charge in [-0.25, -0.2) is 9.97 Å². The fourth-order valence-electron chi connectivity index (χ4n) is 10.9. The summed E-state index contributed by atoms with van der Waals surface area (Å²) < 4.78 is 0. The van der Waals surface area contributed by atoms with Crippen LogP contribution in [0.25, 0.3) is 100.0 Å². The fourth-order valence-corrected chi connectivity index (χ4v) is 10.9. The SMILES string of the molecule is CC1(C)c2ccccc2-c2c(-c3cc(-c4ccc(-c5ccc(-c6cccc7c6-c6ccc8ccccc8c6C7(C)C)cc5)c5ccccc45)nc(-c4ccccc4)n3)cccc21. The molecule has 0 fully saturated rings. The number of fused-ring (bicyclic) bond motifs is 9. The predicted octanol–water partition coefficient (Wildman–Crippen LogP) is 15.7. The molecule has 0 saturated heterocycles. The van der Waals surface area contributed by atoms with E-state index in [-0.39, 0.29) is 10.8 Å². The second-order valence-corrected chi connectivity index (χ2v) is 18.1. The lowest BCUT2D eigenvalue weighted by molar-refractivity contribution is 0.660. The Labute approximate surface area is 363 Å². The van der Waals surface area contributed by atoms with Crippen LogP contribution in [0.3, 0.4) is 0 Å². The molecule has 0 unspecified atom stereocenters. The van der Waals surface area contributed by atoms with Crippen molar-refractivity contribution in [3.05, 3.63) is 216 Å². The average Bonchev–Trinajstić information content (AvgIpc) is 3.71. The molecule has 62 heavy (non-hydrogen) atoms. The van der Waals surface area contributed by atoms with Crippen LogP contribution in [0.1, 0.15) is 49.9 Å². The second-order valence-electron chi connectivity index (χ2n) is 18.1. The number of benzene rings is 9. The van der Waals surface area contributed by atoms with Crippen molar-refractivity contribution in [1.82, 2.24) is 9.97 Å². The summed E-state index contributed by atoms with van der Waals surface area (Å²) in [5.74, 6) is 0.719. The zero-order valence-corrected chi connectivity index (χ0v) is 35.4. The Morgan fingerprint density at radius 3 is 1.60 bits per heavy atom. The summed E-state index contributed by atoms with van der Waals surface area (Å²) in [4.78, 5) is 10.6. The molecule has 1 heterocycles. The molecular weight excluding hydrogens is 749 g/mol. The Morgan fingerprint density at radius 1 is 0.323 bits per heavy atom. The van der Waals surface area contributed by atoms with Gasteiger partial charge in [0.05, 0.1) is 11.4 Å². The molecule has 0 amide bonds. The van der Waals surface area contributed by atoms with Crippen LogP contribution in [0, 0.1) is 0 Å². The number of nitrogens with zero attached hydrogens (tertiary/aromatic N) is 2. The minimum Gasteiger partial charge on any atom is -0.228 e. The first kappa shape index (κ1) is 36.4. The molecular formula is C60H44N2. The minimum absolute atomic E-state index is 0.0993. The highest BCUT2D eigenvalue weighted by atomic mass is 14.9. The summed E-state index contributed by atoms with van der Waals surface area (Å²) in [7, 11) is 0. The van der Waals surface area contributed by atoms with E-state index in [0.29, 0.717) is 0 Å². The maximum absolute atomic E-state index is 5.32. The van der Waals surface area contributed by atoms with Crippen molar-refractivity contribution in [2.24, 2.45) is 0 Å². The standard InChI is InChI=1S/C60H44N2/c1-59(2)50-25-13-12-22-47(50)56-48(24-15-26-51(56)59)54-36-53(61-58(62-54)40-17-6-5-7-18-40)46-35-34-41(44-20-10-11-21-45(44)46)38-28-30-39(31-29-38)42-23-14-27-52-55(42)49-33-32-37-16-8-9-19-43(37)57(49)60(52,3)4/h5-36H,1-4H3. The van der Waals surface area contributed by atoms with Crippen LogP contribution < -0.4 is 0 Å². The first-order valence-electron chi connectivity index (χ1n) is 21.7. The molecule has 0 N–H and O–H groups in total. The third-order valence-electron chi connectivity index (χ3n) is 13.9. The molecule has 9 aromatic carbocycles. The molecule has 2 aliphatic carbocycles. The predicted molar refractivity (Wildman–Crippen MR) is 259 cm³/mol. The van der Waals surface area contributed by atoms with Gasteiger partial charge in [0.15, 0.2) is 5.82 Å². The van der Waals surface area contributed by atoms with Gasteiger partial charge in [-0.1, -0.05) is 216 Å². The Bertz CT molecular complexity index is 3450. The van der Waals surface area contributed by atoms with Crippen LogP contribution in [0.15, 0.2) is 194 Å². The molecule has 2 aliphatic rings. The molecule has 2 heteroatoms. The minimum atomic E-state index is -0.108. The Kier molecular flexibility index (Phi) is 7.96. The molecule has 0 radical (unpaired) electrons. The van der Waals surface area contributed by atoms with Crippen molar-refractivity contribution in [2.45, 2.75) is 38.5 Å². The molecule has 2 nitrogen and oxygen atoms in total. The smallest absolute Gasteiger partial charge is 0.160 e. The molecule has 0 bridgehead atoms. The van der Waals surface area contributed by atoms with Gasteiger partial charge in [-0.05, 0) is 94.4 Å². The molecule has 0 atom stereocenters. The van der Waals surface area contributed by atoms with Crippen LogP contribution >= 0.6 is 0 Å². The Balaban J connectivity index is 0.977. The van der Waals surface area contributed by atoms with E-state index < -0.39 is 0 Å². The highest BCUT2D eigenvalue weighted by molar-refractivity contribution is 6.06. The van der Waals surface area contributed by atoms with E-state index in [2.05, 4.69) is 216 Å². The number of hydrogen-bond acceptors (Lipinski definition) is 2. The van der Waals surface area contributed by atoms with Crippen LogP contribution in [0.5, 0.6) is 0 Å². The van der Waals surface area contributed by atoms with Gasteiger partial charge in [0, 0.05) is 27.5 Å². The molecule has 0 saturated carbocycles. The van der Waals surface area contributed by atoms with Gasteiger partial charge in [-0.15, -0.1) is 0 Å². The van der Waals surface area contributed by atoms with Crippen LogP contribution in [0.2, 0.25) is 0 Å². The molecule has 294 valence electrons. The summed E-state index contributed by atoms with van der Waals surface area (Å²) in [6.07, 6.45) is 0. The largest absolute Gasteiger partial charge is 0.228 e. The molecule has 1 aromatic heterocycles. The van der Waals surface area contributed by atoms with E-state index in [4.69, 9.17) is 9.97 Å². The molecule has 0 aliphatic heterocycles. The van der Waals surface area contributed by atoms with E-state index in [0.717, 1.165) is 39.3 Å². The van der Waals surface area contributed by atoms with Gasteiger partial charge in [0.1, 0.15) is 0 Å². The maximum atomic E-state index is 5.32. The lowest BCUT2D eigenvalue weighted by Crippen LogP contribution is -2.15. The van der Waals surface area contributed by atoms with Crippen molar-refractivity contribution < 1.29 is 0 Å². The highest BCUT2D eigenvalue weighted by Crippen LogP contribution is 2.55. The third kappa shape index (κ3) is 5.36. The van der Waals surface area contributed by atoms with Crippen molar-refractivity contribution in [3.63, 3.8) is 0 Å². The van der Waals surface area contributed by atoms with Crippen molar-refractivity contribution in [3.8, 4) is 78.4 Å². The van der Waals surface area contributed by atoms with Gasteiger partial charge >= 0.3 is 0 Å². The quantitative estimate of drug-likeness (QED) is 0.173. The van der Waals surface area contributed by atoms with Crippen molar-refractivity contribution in [1.29, 1.82) is 0 Å². The van der Waals surface area contributed by atoms with Gasteiger partial charge in [0.25, 0.3) is 0 Å². The first-order valence-corrected chi connectivity index (χ1v) is 21.7. The summed E-state index contributed by atoms with van der Waals surface area (Å²) >= 11 is 0. The first-order chi connectivity index (χ1) is 30.3. The van der Waals surface area contributed by atoms with Crippen molar-refractivity contribution >= 4 is 21.5 Å². The zero-order valence-electron chi connectivity index (χ0n) is 35.4. The van der Waals surface area contributed by atoms with Crippen LogP contribution in [-0.2, 0) is 10.8 Å². The Hall–Kier alpha value is -7.42. The van der Waals surface area contributed by atoms with Gasteiger partial charge in [0.2, 0.25) is 0 Å². The maximum Gasteiger partial charge on any atom is 0.160 e. The Morgan fingerprint density at radius 2 is 0.839 bits per heavy atom. The van der Waals surface area contributed by atoms with Gasteiger partial charge in [-0.3, -0.25) is 0 Å². The lowest BCUT2D eigenvalue weighted by atomic mass is 9.80. The average molecular weight is 793 g/mol. The van der Waals surface area contributed by atoms with E-state index in [9.17, 15) is 0 Å². The topological polar surface area (TPSA) is 25.8 Å². The van der Waals surface area contributed by atoms with Crippen molar-refractivity contribution in [2.75, 3.05) is 0 Å². The molecule has 0 spiro atoms. The summed E-state index contributed by atoms with van der Waals surface area (Å²) in [6, 6.07) is 70.9. The van der Waals surface area contributed by atoms with Gasteiger partial charge in [-0.2, -0.15) is 0 Å². The van der Waals surface area contributed by atoms with E-state index in [1.165, 1.54) is 82.9 Å². The molecule has 12 rings (SSSR count). The number of hydrogen-bond donors (Lipinski definition) is 0. The van der Waals surface area contributed by atoms with Crippen LogP contribution in [-0.4, -0.2) is 9.97 Å². The zero-order chi connectivity index (χ0) is 41.7. The number of aromatic nitrogens is 2. The normalized spacial score (nSPS) is 14.1. The lowest BCUT2D eigenvalue weighted by Gasteiger charge is -2.23. The third-order valence-corrected chi connectivity index (χ3v) is 13.9. The number of rotatable bonds is 5. The molecule has 10 aromatic rings. The fraction of sp³-hybridized carbons (Fsp3) is 0.100. The van der Waals surface area contributed by atoms with E-state index in [1.54, 1.807) is 0 Å². The monoisotopic (exact) mass is 792 g/mol.